The zero-order valence-corrected chi connectivity index (χ0v) is 18.3. The molecule has 0 spiro atoms. The summed E-state index contributed by atoms with van der Waals surface area (Å²) in [5.41, 5.74) is 3.54. The zero-order valence-electron chi connectivity index (χ0n) is 18.3. The molecule has 0 fully saturated rings. The van der Waals surface area contributed by atoms with Crippen molar-refractivity contribution < 1.29 is 13.9 Å². The van der Waals surface area contributed by atoms with Crippen molar-refractivity contribution in [2.75, 3.05) is 17.7 Å². The molecule has 4 rings (SSSR count). The summed E-state index contributed by atoms with van der Waals surface area (Å²) < 4.78 is 18.9. The third kappa shape index (κ3) is 4.93. The molecular weight excluding hydrogens is 423 g/mol. The molecule has 3 heterocycles. The van der Waals surface area contributed by atoms with Crippen molar-refractivity contribution in [1.82, 2.24) is 19.9 Å². The minimum absolute atomic E-state index is 0.364. The van der Waals surface area contributed by atoms with Crippen molar-refractivity contribution in [2.45, 2.75) is 13.8 Å². The van der Waals surface area contributed by atoms with Crippen LogP contribution >= 0.6 is 0 Å². The quantitative estimate of drug-likeness (QED) is 0.384. The lowest BCUT2D eigenvalue weighted by Gasteiger charge is -2.16. The molecule has 0 aliphatic carbocycles. The Balaban J connectivity index is 1.69. The monoisotopic (exact) mass is 444 g/mol. The molecule has 0 bridgehead atoms. The van der Waals surface area contributed by atoms with Gasteiger partial charge in [0.25, 0.3) is 0 Å². The average molecular weight is 444 g/mol. The van der Waals surface area contributed by atoms with Gasteiger partial charge in [-0.25, -0.2) is 19.3 Å². The van der Waals surface area contributed by atoms with Crippen LogP contribution in [0.4, 0.5) is 27.4 Å². The molecular formula is C24H21FN6O2. The predicted molar refractivity (Wildman–Crippen MR) is 124 cm³/mol. The summed E-state index contributed by atoms with van der Waals surface area (Å²) >= 11 is 0. The lowest BCUT2D eigenvalue weighted by atomic mass is 10.1. The SMILES string of the molecule is COc1c(Nc2cc(Nc3cc(C)nc(C)n3)ncc2C=O)cccc1-c1ccc(F)cn1. The Morgan fingerprint density at radius 3 is 2.48 bits per heavy atom. The molecule has 0 radical (unpaired) electrons. The van der Waals surface area contributed by atoms with Crippen molar-refractivity contribution >= 4 is 29.3 Å². The highest BCUT2D eigenvalue weighted by Crippen LogP contribution is 2.37. The van der Waals surface area contributed by atoms with E-state index in [9.17, 15) is 9.18 Å². The van der Waals surface area contributed by atoms with E-state index in [2.05, 4.69) is 30.6 Å². The second-order valence-corrected chi connectivity index (χ2v) is 7.21. The number of carbonyl (C=O) groups excluding carboxylic acids is 1. The number of aldehydes is 1. The Kier molecular flexibility index (Phi) is 6.21. The Morgan fingerprint density at radius 2 is 1.79 bits per heavy atom. The minimum atomic E-state index is -0.423. The van der Waals surface area contributed by atoms with Gasteiger partial charge in [-0.2, -0.15) is 0 Å². The molecule has 0 atom stereocenters. The summed E-state index contributed by atoms with van der Waals surface area (Å²) in [7, 11) is 1.54. The predicted octanol–water partition coefficient (Wildman–Crippen LogP) is 5.00. The molecule has 8 nitrogen and oxygen atoms in total. The van der Waals surface area contributed by atoms with Gasteiger partial charge >= 0.3 is 0 Å². The topological polar surface area (TPSA) is 102 Å². The van der Waals surface area contributed by atoms with E-state index < -0.39 is 5.82 Å². The van der Waals surface area contributed by atoms with E-state index in [0.717, 1.165) is 18.2 Å². The van der Waals surface area contributed by atoms with Crippen LogP contribution in [0, 0.1) is 19.7 Å². The summed E-state index contributed by atoms with van der Waals surface area (Å²) in [6.45, 7) is 3.69. The number of para-hydroxylation sites is 1. The average Bonchev–Trinajstić information content (AvgIpc) is 2.79. The van der Waals surface area contributed by atoms with Gasteiger partial charge in [-0.15, -0.1) is 0 Å². The summed E-state index contributed by atoms with van der Waals surface area (Å²) in [6, 6.07) is 11.9. The number of benzene rings is 1. The fourth-order valence-corrected chi connectivity index (χ4v) is 3.39. The maximum Gasteiger partial charge on any atom is 0.153 e. The van der Waals surface area contributed by atoms with Gasteiger partial charge in [0.2, 0.25) is 0 Å². The zero-order chi connectivity index (χ0) is 23.4. The number of carbonyl (C=O) groups is 1. The van der Waals surface area contributed by atoms with Crippen LogP contribution < -0.4 is 15.4 Å². The first-order valence-electron chi connectivity index (χ1n) is 10.1. The smallest absolute Gasteiger partial charge is 0.153 e. The first kappa shape index (κ1) is 21.8. The molecule has 33 heavy (non-hydrogen) atoms. The number of nitrogens with zero attached hydrogens (tertiary/aromatic N) is 4. The normalized spacial score (nSPS) is 10.5. The molecule has 0 unspecified atom stereocenters. The molecule has 4 aromatic rings. The number of anilines is 4. The van der Waals surface area contributed by atoms with Gasteiger partial charge in [-0.1, -0.05) is 6.07 Å². The van der Waals surface area contributed by atoms with Crippen LogP contribution in [-0.2, 0) is 0 Å². The van der Waals surface area contributed by atoms with Crippen molar-refractivity contribution in [3.05, 3.63) is 77.8 Å². The fourth-order valence-electron chi connectivity index (χ4n) is 3.39. The van der Waals surface area contributed by atoms with E-state index in [-0.39, 0.29) is 0 Å². The standard InChI is InChI=1S/C24H21FN6O2/c1-14-9-23(29-15(2)28-14)31-22-10-21(16(13-32)11-27-22)30-20-6-4-5-18(24(20)33-3)19-8-7-17(25)12-26-19/h4-13H,1-3H3,(H2,27,28,29,30,31). The Hall–Kier alpha value is -4.40. The van der Waals surface area contributed by atoms with Gasteiger partial charge in [0.05, 0.1) is 35.9 Å². The number of halogens is 1. The van der Waals surface area contributed by atoms with Crippen molar-refractivity contribution in [3.8, 4) is 17.0 Å². The van der Waals surface area contributed by atoms with Gasteiger partial charge in [0.1, 0.15) is 23.3 Å². The van der Waals surface area contributed by atoms with Crippen molar-refractivity contribution in [2.24, 2.45) is 0 Å². The van der Waals surface area contributed by atoms with E-state index in [0.29, 0.717) is 51.4 Å². The van der Waals surface area contributed by atoms with Crippen LogP contribution in [-0.4, -0.2) is 33.3 Å². The third-order valence-corrected chi connectivity index (χ3v) is 4.78. The Bertz CT molecular complexity index is 1290. The van der Waals surface area contributed by atoms with E-state index in [4.69, 9.17) is 4.74 Å². The molecule has 1 aromatic carbocycles. The van der Waals surface area contributed by atoms with Gasteiger partial charge in [-0.3, -0.25) is 9.78 Å². The van der Waals surface area contributed by atoms with E-state index >= 15 is 0 Å². The van der Waals surface area contributed by atoms with E-state index in [1.54, 1.807) is 18.2 Å². The highest BCUT2D eigenvalue weighted by molar-refractivity contribution is 5.88. The van der Waals surface area contributed by atoms with Crippen LogP contribution in [0.3, 0.4) is 0 Å². The molecule has 2 N–H and O–H groups in total. The Labute approximate surface area is 189 Å². The van der Waals surface area contributed by atoms with Crippen molar-refractivity contribution in [3.63, 3.8) is 0 Å². The van der Waals surface area contributed by atoms with Crippen LogP contribution in [0.2, 0.25) is 0 Å². The van der Waals surface area contributed by atoms with Gasteiger partial charge in [0, 0.05) is 29.6 Å². The maximum atomic E-state index is 13.3. The van der Waals surface area contributed by atoms with Crippen LogP contribution in [0.1, 0.15) is 21.9 Å². The lowest BCUT2D eigenvalue weighted by molar-refractivity contribution is 0.112. The van der Waals surface area contributed by atoms with Crippen LogP contribution in [0.5, 0.6) is 5.75 Å². The van der Waals surface area contributed by atoms with E-state index in [1.165, 1.54) is 19.4 Å². The Morgan fingerprint density at radius 1 is 0.939 bits per heavy atom. The lowest BCUT2D eigenvalue weighted by Crippen LogP contribution is -2.04. The number of hydrogen-bond acceptors (Lipinski definition) is 8. The first-order valence-corrected chi connectivity index (χ1v) is 10.1. The van der Waals surface area contributed by atoms with Crippen molar-refractivity contribution in [1.29, 1.82) is 0 Å². The summed E-state index contributed by atoms with van der Waals surface area (Å²) in [5, 5.41) is 6.38. The summed E-state index contributed by atoms with van der Waals surface area (Å²) in [4.78, 5) is 28.7. The highest BCUT2D eigenvalue weighted by Gasteiger charge is 2.14. The second kappa shape index (κ2) is 9.39. The number of pyridine rings is 2. The number of aryl methyl sites for hydroxylation is 2. The summed E-state index contributed by atoms with van der Waals surface area (Å²) in [6.07, 6.45) is 3.34. The second-order valence-electron chi connectivity index (χ2n) is 7.21. The molecule has 0 aliphatic heterocycles. The van der Waals surface area contributed by atoms with Gasteiger partial charge < -0.3 is 15.4 Å². The van der Waals surface area contributed by atoms with Gasteiger partial charge in [0.15, 0.2) is 12.0 Å². The molecule has 0 amide bonds. The molecule has 0 saturated carbocycles. The number of methoxy groups -OCH3 is 1. The molecule has 0 aliphatic rings. The molecule has 9 heteroatoms. The number of rotatable bonds is 7. The van der Waals surface area contributed by atoms with E-state index in [1.807, 2.05) is 32.0 Å². The van der Waals surface area contributed by atoms with Crippen LogP contribution in [0.25, 0.3) is 11.3 Å². The highest BCUT2D eigenvalue weighted by atomic mass is 19.1. The largest absolute Gasteiger partial charge is 0.494 e. The van der Waals surface area contributed by atoms with Crippen LogP contribution in [0.15, 0.2) is 54.9 Å². The molecule has 3 aromatic heterocycles. The number of hydrogen-bond donors (Lipinski definition) is 2. The number of ether oxygens (including phenoxy) is 1. The first-order chi connectivity index (χ1) is 16.0. The third-order valence-electron chi connectivity index (χ3n) is 4.78. The molecule has 166 valence electrons. The fraction of sp³-hybridized carbons (Fsp3) is 0.125. The number of aromatic nitrogens is 4. The minimum Gasteiger partial charge on any atom is -0.494 e. The number of nitrogens with one attached hydrogen (secondary N) is 2. The molecule has 0 saturated heterocycles. The summed E-state index contributed by atoms with van der Waals surface area (Å²) in [5.74, 6) is 1.81. The maximum absolute atomic E-state index is 13.3. The van der Waals surface area contributed by atoms with Gasteiger partial charge in [-0.05, 0) is 38.1 Å².